The first kappa shape index (κ1) is 17.2. The molecule has 6 heteroatoms. The summed E-state index contributed by atoms with van der Waals surface area (Å²) < 4.78 is 24.8. The molecule has 1 amide bonds. The van der Waals surface area contributed by atoms with Gasteiger partial charge in [-0.1, -0.05) is 48.5 Å². The number of carbonyl (C=O) groups is 1. The number of hydrogen-bond donors (Lipinski definition) is 0. The lowest BCUT2D eigenvalue weighted by molar-refractivity contribution is -0.114. The number of carbonyl (C=O) groups excluding carboxylic acids is 1. The van der Waals surface area contributed by atoms with Crippen LogP contribution in [0.25, 0.3) is 0 Å². The van der Waals surface area contributed by atoms with Crippen molar-refractivity contribution in [2.75, 3.05) is 10.8 Å². The Balaban J connectivity index is 2.25. The topological polar surface area (TPSA) is 54.5 Å². The highest BCUT2D eigenvalue weighted by Crippen LogP contribution is 2.20. The fourth-order valence-electron chi connectivity index (χ4n) is 2.07. The molecule has 0 aromatic heterocycles. The molecule has 0 aliphatic heterocycles. The van der Waals surface area contributed by atoms with Crippen molar-refractivity contribution in [3.8, 4) is 0 Å². The van der Waals surface area contributed by atoms with E-state index in [2.05, 4.69) is 6.58 Å². The second kappa shape index (κ2) is 7.44. The van der Waals surface area contributed by atoms with Gasteiger partial charge in [-0.25, -0.2) is 8.42 Å². The number of sulfone groups is 1. The number of benzene rings is 2. The van der Waals surface area contributed by atoms with Crippen LogP contribution >= 0.6 is 11.6 Å². The molecule has 2 aromatic rings. The Kier molecular flexibility index (Phi) is 5.58. The molecule has 23 heavy (non-hydrogen) atoms. The van der Waals surface area contributed by atoms with Gasteiger partial charge in [0.1, 0.15) is 5.88 Å². The van der Waals surface area contributed by atoms with E-state index >= 15 is 0 Å². The molecule has 0 unspecified atom stereocenters. The van der Waals surface area contributed by atoms with Crippen LogP contribution in [0.3, 0.4) is 0 Å². The van der Waals surface area contributed by atoms with Gasteiger partial charge >= 0.3 is 0 Å². The highest BCUT2D eigenvalue weighted by atomic mass is 35.5. The summed E-state index contributed by atoms with van der Waals surface area (Å²) >= 11 is 5.83. The minimum atomic E-state index is -3.52. The van der Waals surface area contributed by atoms with Crippen LogP contribution < -0.4 is 4.90 Å². The molecule has 2 aromatic carbocycles. The van der Waals surface area contributed by atoms with Gasteiger partial charge in [0.05, 0.1) is 5.75 Å². The summed E-state index contributed by atoms with van der Waals surface area (Å²) in [4.78, 5) is 13.2. The average Bonchev–Trinajstić information content (AvgIpc) is 2.53. The maximum atomic E-state index is 12.4. The smallest absolute Gasteiger partial charge is 0.251 e. The Labute approximate surface area is 140 Å². The van der Waals surface area contributed by atoms with E-state index in [4.69, 9.17) is 11.6 Å². The zero-order chi connectivity index (χ0) is 16.9. The summed E-state index contributed by atoms with van der Waals surface area (Å²) in [5.74, 6) is -1.04. The van der Waals surface area contributed by atoms with Crippen LogP contribution in [0.15, 0.2) is 67.3 Å². The zero-order valence-corrected chi connectivity index (χ0v) is 13.9. The van der Waals surface area contributed by atoms with Crippen LogP contribution in [0.4, 0.5) is 5.69 Å². The first-order valence-electron chi connectivity index (χ1n) is 6.85. The van der Waals surface area contributed by atoms with Gasteiger partial charge in [-0.05, 0) is 35.9 Å². The standard InChI is InChI=1S/C17H16ClNO3S/c1-2-17(20)19(16-10-8-15(18)9-11-16)13-23(21,22)12-14-6-4-3-5-7-14/h2-11H,1,12-13H2. The minimum absolute atomic E-state index is 0.137. The Morgan fingerprint density at radius 3 is 2.26 bits per heavy atom. The maximum Gasteiger partial charge on any atom is 0.251 e. The van der Waals surface area contributed by atoms with Crippen molar-refractivity contribution < 1.29 is 13.2 Å². The quantitative estimate of drug-likeness (QED) is 0.751. The Morgan fingerprint density at radius 1 is 1.09 bits per heavy atom. The van der Waals surface area contributed by atoms with E-state index < -0.39 is 21.6 Å². The summed E-state index contributed by atoms with van der Waals surface area (Å²) in [5, 5.41) is 0.506. The van der Waals surface area contributed by atoms with Gasteiger partial charge in [-0.15, -0.1) is 0 Å². The van der Waals surface area contributed by atoms with Crippen molar-refractivity contribution in [3.63, 3.8) is 0 Å². The van der Waals surface area contributed by atoms with E-state index in [1.165, 1.54) is 4.90 Å². The molecule has 120 valence electrons. The zero-order valence-electron chi connectivity index (χ0n) is 12.4. The average molecular weight is 350 g/mol. The number of amides is 1. The van der Waals surface area contributed by atoms with Gasteiger partial charge < -0.3 is 0 Å². The van der Waals surface area contributed by atoms with Gasteiger partial charge in [0, 0.05) is 10.7 Å². The largest absolute Gasteiger partial charge is 0.294 e. The first-order valence-corrected chi connectivity index (χ1v) is 9.05. The highest BCUT2D eigenvalue weighted by molar-refractivity contribution is 7.90. The molecule has 0 aliphatic rings. The predicted octanol–water partition coefficient (Wildman–Crippen LogP) is 3.43. The summed E-state index contributed by atoms with van der Waals surface area (Å²) in [6, 6.07) is 15.2. The third kappa shape index (κ3) is 4.94. The number of nitrogens with zero attached hydrogens (tertiary/aromatic N) is 1. The molecule has 0 fully saturated rings. The molecule has 2 rings (SSSR count). The fraction of sp³-hybridized carbons (Fsp3) is 0.118. The molecule has 0 saturated carbocycles. The molecule has 0 bridgehead atoms. The minimum Gasteiger partial charge on any atom is -0.294 e. The lowest BCUT2D eigenvalue weighted by Crippen LogP contribution is -2.35. The molecule has 0 radical (unpaired) electrons. The van der Waals surface area contributed by atoms with Crippen LogP contribution in [0.1, 0.15) is 5.56 Å². The van der Waals surface area contributed by atoms with E-state index in [0.717, 1.165) is 6.08 Å². The van der Waals surface area contributed by atoms with E-state index in [1.54, 1.807) is 48.5 Å². The molecule has 0 atom stereocenters. The number of halogens is 1. The van der Waals surface area contributed by atoms with Crippen LogP contribution in [0, 0.1) is 0 Å². The third-order valence-electron chi connectivity index (χ3n) is 3.13. The van der Waals surface area contributed by atoms with E-state index in [9.17, 15) is 13.2 Å². The molecular weight excluding hydrogens is 334 g/mol. The van der Waals surface area contributed by atoms with E-state index in [1.807, 2.05) is 6.07 Å². The highest BCUT2D eigenvalue weighted by Gasteiger charge is 2.21. The first-order chi connectivity index (χ1) is 10.9. The molecule has 0 saturated heterocycles. The fourth-order valence-corrected chi connectivity index (χ4v) is 3.65. The van der Waals surface area contributed by atoms with Crippen molar-refractivity contribution in [1.82, 2.24) is 0 Å². The molecule has 0 N–H and O–H groups in total. The number of anilines is 1. The molecule has 4 nitrogen and oxygen atoms in total. The summed E-state index contributed by atoms with van der Waals surface area (Å²) in [7, 11) is -3.52. The number of rotatable bonds is 6. The molecular formula is C17H16ClNO3S. The molecule has 0 aliphatic carbocycles. The van der Waals surface area contributed by atoms with Gasteiger partial charge in [0.2, 0.25) is 0 Å². The normalized spacial score (nSPS) is 11.0. The van der Waals surface area contributed by atoms with Crippen molar-refractivity contribution >= 4 is 33.0 Å². The second-order valence-electron chi connectivity index (χ2n) is 4.95. The SMILES string of the molecule is C=CC(=O)N(CS(=O)(=O)Cc1ccccc1)c1ccc(Cl)cc1. The van der Waals surface area contributed by atoms with Crippen molar-refractivity contribution in [3.05, 3.63) is 77.8 Å². The lowest BCUT2D eigenvalue weighted by atomic mass is 10.2. The summed E-state index contributed by atoms with van der Waals surface area (Å²) in [6.45, 7) is 3.43. The molecule has 0 spiro atoms. The summed E-state index contributed by atoms with van der Waals surface area (Å²) in [6.07, 6.45) is 1.09. The van der Waals surface area contributed by atoms with Crippen LogP contribution in [0.5, 0.6) is 0 Å². The van der Waals surface area contributed by atoms with Gasteiger partial charge in [0.15, 0.2) is 9.84 Å². The van der Waals surface area contributed by atoms with Crippen LogP contribution in [-0.4, -0.2) is 20.2 Å². The van der Waals surface area contributed by atoms with Gasteiger partial charge in [-0.3, -0.25) is 9.69 Å². The number of hydrogen-bond acceptors (Lipinski definition) is 3. The molecule has 0 heterocycles. The second-order valence-corrected chi connectivity index (χ2v) is 7.42. The van der Waals surface area contributed by atoms with E-state index in [-0.39, 0.29) is 5.75 Å². The predicted molar refractivity (Wildman–Crippen MR) is 93.1 cm³/mol. The monoisotopic (exact) mass is 349 g/mol. The van der Waals surface area contributed by atoms with Crippen LogP contribution in [-0.2, 0) is 20.4 Å². The Morgan fingerprint density at radius 2 is 1.70 bits per heavy atom. The third-order valence-corrected chi connectivity index (χ3v) is 4.81. The lowest BCUT2D eigenvalue weighted by Gasteiger charge is -2.21. The van der Waals surface area contributed by atoms with Crippen LogP contribution in [0.2, 0.25) is 5.02 Å². The maximum absolute atomic E-state index is 12.4. The van der Waals surface area contributed by atoms with Gasteiger partial charge in [-0.2, -0.15) is 0 Å². The van der Waals surface area contributed by atoms with Crippen molar-refractivity contribution in [2.45, 2.75) is 5.75 Å². The van der Waals surface area contributed by atoms with Gasteiger partial charge in [0.25, 0.3) is 5.91 Å². The summed E-state index contributed by atoms with van der Waals surface area (Å²) in [5.41, 5.74) is 1.13. The Hall–Kier alpha value is -2.11. The Bertz CT molecular complexity index is 786. The van der Waals surface area contributed by atoms with Crippen molar-refractivity contribution in [2.24, 2.45) is 0 Å². The van der Waals surface area contributed by atoms with Crippen molar-refractivity contribution in [1.29, 1.82) is 0 Å². The van der Waals surface area contributed by atoms with E-state index in [0.29, 0.717) is 16.3 Å².